The lowest BCUT2D eigenvalue weighted by molar-refractivity contribution is 0.154. The quantitative estimate of drug-likeness (QED) is 0.387. The van der Waals surface area contributed by atoms with Gasteiger partial charge in [-0.15, -0.1) is 4.91 Å². The first-order valence-corrected chi connectivity index (χ1v) is 10.4. The van der Waals surface area contributed by atoms with E-state index in [0.29, 0.717) is 11.4 Å². The van der Waals surface area contributed by atoms with Gasteiger partial charge in [-0.1, -0.05) is 69.6 Å². The summed E-state index contributed by atoms with van der Waals surface area (Å²) in [6.45, 7) is 4.78. The Balaban J connectivity index is 2.46. The highest BCUT2D eigenvalue weighted by Crippen LogP contribution is 2.15. The molecule has 6 heteroatoms. The average molecular weight is 369 g/mol. The number of hydrogen-bond acceptors (Lipinski definition) is 4. The summed E-state index contributed by atoms with van der Waals surface area (Å²) in [6, 6.07) is 7.48. The first-order chi connectivity index (χ1) is 12.1. The van der Waals surface area contributed by atoms with Crippen LogP contribution in [0.25, 0.3) is 0 Å². The standard InChI is InChI=1S/C19H32N2O3S/c1-3-4-5-6-7-8-9-10-15-21(16-19(22)20-23)25(24)18-13-11-17(2)12-14-18/h11-14,19,22H,3-10,15-16H2,1-2H3. The van der Waals surface area contributed by atoms with Crippen molar-refractivity contribution in [2.24, 2.45) is 5.18 Å². The van der Waals surface area contributed by atoms with Gasteiger partial charge in [0, 0.05) is 6.54 Å². The molecule has 0 aliphatic heterocycles. The van der Waals surface area contributed by atoms with Crippen molar-refractivity contribution >= 4 is 11.0 Å². The first kappa shape index (κ1) is 21.9. The monoisotopic (exact) mass is 368 g/mol. The van der Waals surface area contributed by atoms with Crippen molar-refractivity contribution in [1.82, 2.24) is 4.31 Å². The predicted octanol–water partition coefficient (Wildman–Crippen LogP) is 4.55. The second-order valence-corrected chi connectivity index (χ2v) is 8.00. The molecule has 0 heterocycles. The molecule has 5 nitrogen and oxygen atoms in total. The van der Waals surface area contributed by atoms with Gasteiger partial charge in [-0.3, -0.25) is 0 Å². The van der Waals surface area contributed by atoms with E-state index in [2.05, 4.69) is 12.1 Å². The van der Waals surface area contributed by atoms with Gasteiger partial charge >= 0.3 is 0 Å². The molecule has 2 unspecified atom stereocenters. The molecule has 1 aromatic rings. The molecular formula is C19H32N2O3S. The SMILES string of the molecule is CCCCCCCCCCN(CC(O)N=O)S(=O)c1ccc(C)cc1. The van der Waals surface area contributed by atoms with Gasteiger partial charge in [-0.2, -0.15) is 0 Å². The van der Waals surface area contributed by atoms with E-state index < -0.39 is 17.2 Å². The minimum atomic E-state index is -1.39. The number of aliphatic hydroxyl groups excluding tert-OH is 1. The summed E-state index contributed by atoms with van der Waals surface area (Å²) in [4.78, 5) is 11.2. The van der Waals surface area contributed by atoms with E-state index in [0.717, 1.165) is 18.4 Å². The first-order valence-electron chi connectivity index (χ1n) is 9.32. The fourth-order valence-corrected chi connectivity index (χ4v) is 3.91. The van der Waals surface area contributed by atoms with E-state index >= 15 is 0 Å². The Bertz CT molecular complexity index is 508. The van der Waals surface area contributed by atoms with E-state index in [1.807, 2.05) is 31.2 Å². The Morgan fingerprint density at radius 2 is 1.60 bits per heavy atom. The summed E-state index contributed by atoms with van der Waals surface area (Å²) >= 11 is 0. The molecule has 1 rings (SSSR count). The van der Waals surface area contributed by atoms with Crippen LogP contribution in [-0.2, 0) is 11.0 Å². The average Bonchev–Trinajstić information content (AvgIpc) is 2.62. The van der Waals surface area contributed by atoms with Gasteiger partial charge in [-0.05, 0) is 30.7 Å². The number of nitrogens with zero attached hydrogens (tertiary/aromatic N) is 2. The molecule has 0 aliphatic rings. The summed E-state index contributed by atoms with van der Waals surface area (Å²) < 4.78 is 14.4. The maximum atomic E-state index is 12.7. The van der Waals surface area contributed by atoms with Gasteiger partial charge in [0.2, 0.25) is 6.23 Å². The number of unbranched alkanes of at least 4 members (excludes halogenated alkanes) is 7. The van der Waals surface area contributed by atoms with Crippen LogP contribution in [0.2, 0.25) is 0 Å². The second-order valence-electron chi connectivity index (χ2n) is 6.51. The van der Waals surface area contributed by atoms with Crippen molar-refractivity contribution in [3.63, 3.8) is 0 Å². The fraction of sp³-hybridized carbons (Fsp3) is 0.684. The van der Waals surface area contributed by atoms with Gasteiger partial charge in [-0.25, -0.2) is 8.51 Å². The minimum Gasteiger partial charge on any atom is -0.368 e. The molecule has 0 bridgehead atoms. The van der Waals surface area contributed by atoms with Crippen LogP contribution < -0.4 is 0 Å². The Kier molecular flexibility index (Phi) is 11.5. The van der Waals surface area contributed by atoms with Crippen LogP contribution in [0.3, 0.4) is 0 Å². The normalized spacial score (nSPS) is 13.8. The van der Waals surface area contributed by atoms with E-state index in [1.54, 1.807) is 4.31 Å². The topological polar surface area (TPSA) is 70.0 Å². The largest absolute Gasteiger partial charge is 0.368 e. The third kappa shape index (κ3) is 9.23. The molecule has 142 valence electrons. The summed E-state index contributed by atoms with van der Waals surface area (Å²) in [5, 5.41) is 12.2. The molecule has 25 heavy (non-hydrogen) atoms. The van der Waals surface area contributed by atoms with Crippen LogP contribution in [-0.4, -0.2) is 32.9 Å². The van der Waals surface area contributed by atoms with Gasteiger partial charge in [0.25, 0.3) is 0 Å². The summed E-state index contributed by atoms with van der Waals surface area (Å²) in [5.74, 6) is 0. The van der Waals surface area contributed by atoms with Crippen molar-refractivity contribution in [3.05, 3.63) is 34.7 Å². The van der Waals surface area contributed by atoms with Crippen LogP contribution in [0, 0.1) is 11.8 Å². The van der Waals surface area contributed by atoms with Crippen LogP contribution in [0.5, 0.6) is 0 Å². The van der Waals surface area contributed by atoms with Crippen LogP contribution in [0.15, 0.2) is 34.3 Å². The van der Waals surface area contributed by atoms with Crippen molar-refractivity contribution in [2.75, 3.05) is 13.1 Å². The van der Waals surface area contributed by atoms with Gasteiger partial charge < -0.3 is 5.11 Å². The molecule has 0 fully saturated rings. The smallest absolute Gasteiger partial charge is 0.200 e. The number of hydrogen-bond donors (Lipinski definition) is 1. The summed E-state index contributed by atoms with van der Waals surface area (Å²) in [5.41, 5.74) is 1.10. The number of rotatable bonds is 14. The molecule has 0 spiro atoms. The van der Waals surface area contributed by atoms with E-state index in [4.69, 9.17) is 0 Å². The zero-order chi connectivity index (χ0) is 18.5. The molecule has 2 atom stereocenters. The number of nitroso groups, excluding NO2 is 1. The van der Waals surface area contributed by atoms with Crippen molar-refractivity contribution in [2.45, 2.75) is 76.3 Å². The predicted molar refractivity (Wildman–Crippen MR) is 104 cm³/mol. The third-order valence-electron chi connectivity index (χ3n) is 4.21. The van der Waals surface area contributed by atoms with Gasteiger partial charge in [0.15, 0.2) is 0 Å². The summed E-state index contributed by atoms with van der Waals surface area (Å²) in [7, 11) is -1.39. The number of aliphatic hydroxyl groups is 1. The third-order valence-corrected chi connectivity index (χ3v) is 5.68. The molecule has 0 radical (unpaired) electrons. The highest BCUT2D eigenvalue weighted by atomic mass is 32.2. The highest BCUT2D eigenvalue weighted by molar-refractivity contribution is 7.82. The van der Waals surface area contributed by atoms with Gasteiger partial charge in [0.05, 0.1) is 11.4 Å². The van der Waals surface area contributed by atoms with E-state index in [9.17, 15) is 14.2 Å². The maximum absolute atomic E-state index is 12.7. The Morgan fingerprint density at radius 1 is 1.04 bits per heavy atom. The lowest BCUT2D eigenvalue weighted by Crippen LogP contribution is -2.34. The van der Waals surface area contributed by atoms with Gasteiger partial charge in [0.1, 0.15) is 11.0 Å². The lowest BCUT2D eigenvalue weighted by atomic mass is 10.1. The Hall–Kier alpha value is -1.11. The molecule has 0 saturated carbocycles. The molecular weight excluding hydrogens is 336 g/mol. The zero-order valence-corrected chi connectivity index (χ0v) is 16.3. The van der Waals surface area contributed by atoms with Crippen LogP contribution in [0.1, 0.15) is 63.9 Å². The number of aryl methyl sites for hydroxylation is 1. The molecule has 0 amide bonds. The lowest BCUT2D eigenvalue weighted by Gasteiger charge is -2.21. The maximum Gasteiger partial charge on any atom is 0.200 e. The van der Waals surface area contributed by atoms with Crippen molar-refractivity contribution in [3.8, 4) is 0 Å². The summed E-state index contributed by atoms with van der Waals surface area (Å²) in [6.07, 6.45) is 8.17. The molecule has 1 N–H and O–H groups in total. The van der Waals surface area contributed by atoms with E-state index in [-0.39, 0.29) is 6.54 Å². The Morgan fingerprint density at radius 3 is 2.16 bits per heavy atom. The number of benzene rings is 1. The second kappa shape index (κ2) is 13.1. The van der Waals surface area contributed by atoms with Crippen LogP contribution >= 0.6 is 0 Å². The minimum absolute atomic E-state index is 0.000484. The fourth-order valence-electron chi connectivity index (χ4n) is 2.68. The molecule has 1 aromatic carbocycles. The Labute approximate surface area is 154 Å². The molecule has 0 aliphatic carbocycles. The van der Waals surface area contributed by atoms with Crippen molar-refractivity contribution < 1.29 is 9.32 Å². The van der Waals surface area contributed by atoms with Crippen molar-refractivity contribution in [1.29, 1.82) is 0 Å². The molecule has 0 saturated heterocycles. The highest BCUT2D eigenvalue weighted by Gasteiger charge is 2.19. The zero-order valence-electron chi connectivity index (χ0n) is 15.5. The van der Waals surface area contributed by atoms with Crippen LogP contribution in [0.4, 0.5) is 0 Å². The molecule has 0 aromatic heterocycles. The van der Waals surface area contributed by atoms with E-state index in [1.165, 1.54) is 38.5 Å².